The van der Waals surface area contributed by atoms with Crippen molar-refractivity contribution in [1.29, 1.82) is 0 Å². The van der Waals surface area contributed by atoms with Crippen LogP contribution in [0.1, 0.15) is 118 Å². The Bertz CT molecular complexity index is 377. The normalized spacial score (nSPS) is 13.9. The van der Waals surface area contributed by atoms with Gasteiger partial charge in [0.15, 0.2) is 6.29 Å². The zero-order chi connectivity index (χ0) is 20.6. The molecule has 6 nitrogen and oxygen atoms in total. The van der Waals surface area contributed by atoms with Gasteiger partial charge in [-0.2, -0.15) is 4.89 Å². The highest BCUT2D eigenvalue weighted by molar-refractivity contribution is 7.46. The van der Waals surface area contributed by atoms with Gasteiger partial charge in [-0.25, -0.2) is 4.57 Å². The van der Waals surface area contributed by atoms with Gasteiger partial charge in [0, 0.05) is 6.42 Å². The lowest BCUT2D eigenvalue weighted by Crippen LogP contribution is -2.29. The minimum atomic E-state index is -4.66. The highest BCUT2D eigenvalue weighted by atomic mass is 31.2. The van der Waals surface area contributed by atoms with Crippen LogP contribution in [0.3, 0.4) is 0 Å². The number of hydrogen-bond donors (Lipinski definition) is 2. The zero-order valence-corrected chi connectivity index (χ0v) is 18.8. The van der Waals surface area contributed by atoms with E-state index in [0.717, 1.165) is 19.3 Å². The Morgan fingerprint density at radius 1 is 0.778 bits per heavy atom. The van der Waals surface area contributed by atoms with Crippen molar-refractivity contribution in [2.45, 2.75) is 129 Å². The second-order valence-corrected chi connectivity index (χ2v) is 9.48. The molecule has 0 radical (unpaired) electrons. The van der Waals surface area contributed by atoms with Crippen molar-refractivity contribution in [3.8, 4) is 0 Å². The number of unbranched alkanes of at least 4 members (excludes halogenated alkanes) is 12. The average Bonchev–Trinajstić information content (AvgIpc) is 2.54. The summed E-state index contributed by atoms with van der Waals surface area (Å²) in [5.41, 5.74) is -0.473. The third-order valence-electron chi connectivity index (χ3n) is 4.28. The number of rotatable bonds is 18. The molecule has 0 aliphatic heterocycles. The second-order valence-electron chi connectivity index (χ2n) is 8.35. The Kier molecular flexibility index (Phi) is 15.9. The summed E-state index contributed by atoms with van der Waals surface area (Å²) in [5.74, 6) is 0. The standard InChI is InChI=1S/C20H43O6P/c1-5-6-7-8-9-10-11-12-13-14-15-16-17-18-19(24-20(2,3)4)25-26-27(21,22)23/h19H,5-18H2,1-4H3,(H2,21,22,23). The fraction of sp³-hybridized carbons (Fsp3) is 1.00. The first-order chi connectivity index (χ1) is 12.6. The number of ether oxygens (including phenoxy) is 1. The maximum absolute atomic E-state index is 10.8. The summed E-state index contributed by atoms with van der Waals surface area (Å²) < 4.78 is 20.6. The van der Waals surface area contributed by atoms with Crippen LogP contribution in [0.25, 0.3) is 0 Å². The summed E-state index contributed by atoms with van der Waals surface area (Å²) in [6, 6.07) is 0. The van der Waals surface area contributed by atoms with Crippen molar-refractivity contribution in [1.82, 2.24) is 0 Å². The topological polar surface area (TPSA) is 85.2 Å². The van der Waals surface area contributed by atoms with Crippen LogP contribution in [0.5, 0.6) is 0 Å². The molecule has 0 rings (SSSR count). The molecule has 1 atom stereocenters. The van der Waals surface area contributed by atoms with Crippen molar-refractivity contribution in [2.75, 3.05) is 0 Å². The van der Waals surface area contributed by atoms with Crippen LogP contribution in [0.15, 0.2) is 0 Å². The van der Waals surface area contributed by atoms with Crippen LogP contribution in [0.4, 0.5) is 0 Å². The van der Waals surface area contributed by atoms with Gasteiger partial charge in [0.25, 0.3) is 0 Å². The first kappa shape index (κ1) is 27.0. The molecule has 0 heterocycles. The molecule has 0 aromatic rings. The van der Waals surface area contributed by atoms with Gasteiger partial charge in [0.2, 0.25) is 0 Å². The van der Waals surface area contributed by atoms with E-state index in [4.69, 9.17) is 19.4 Å². The number of phosphoric acid groups is 1. The van der Waals surface area contributed by atoms with E-state index in [9.17, 15) is 4.57 Å². The first-order valence-electron chi connectivity index (χ1n) is 10.7. The van der Waals surface area contributed by atoms with Gasteiger partial charge in [0.1, 0.15) is 0 Å². The van der Waals surface area contributed by atoms with E-state index in [1.165, 1.54) is 64.2 Å². The lowest BCUT2D eigenvalue weighted by Gasteiger charge is -2.26. The lowest BCUT2D eigenvalue weighted by atomic mass is 10.0. The highest BCUT2D eigenvalue weighted by Gasteiger charge is 2.24. The molecule has 7 heteroatoms. The Hall–Kier alpha value is 0.0300. The van der Waals surface area contributed by atoms with Crippen molar-refractivity contribution < 1.29 is 28.7 Å². The Morgan fingerprint density at radius 2 is 1.19 bits per heavy atom. The van der Waals surface area contributed by atoms with Gasteiger partial charge in [-0.05, 0) is 27.2 Å². The van der Waals surface area contributed by atoms with Gasteiger partial charge in [-0.1, -0.05) is 84.0 Å². The molecule has 0 saturated heterocycles. The van der Waals surface area contributed by atoms with E-state index in [2.05, 4.69) is 11.6 Å². The quantitative estimate of drug-likeness (QED) is 0.0865. The zero-order valence-electron chi connectivity index (χ0n) is 18.0. The summed E-state index contributed by atoms with van der Waals surface area (Å²) in [7, 11) is -4.66. The van der Waals surface area contributed by atoms with Gasteiger partial charge >= 0.3 is 7.82 Å². The average molecular weight is 411 g/mol. The summed E-state index contributed by atoms with van der Waals surface area (Å²) in [6.45, 7) is 7.85. The van der Waals surface area contributed by atoms with Crippen molar-refractivity contribution in [2.24, 2.45) is 0 Å². The maximum atomic E-state index is 10.8. The van der Waals surface area contributed by atoms with Gasteiger partial charge < -0.3 is 14.5 Å². The Morgan fingerprint density at radius 3 is 1.56 bits per heavy atom. The summed E-state index contributed by atoms with van der Waals surface area (Å²) in [6.07, 6.45) is 16.3. The van der Waals surface area contributed by atoms with E-state index in [1.54, 1.807) is 0 Å². The molecular formula is C20H43O6P. The van der Waals surface area contributed by atoms with E-state index < -0.39 is 19.7 Å². The first-order valence-corrected chi connectivity index (χ1v) is 12.3. The van der Waals surface area contributed by atoms with Gasteiger partial charge in [-0.3, -0.25) is 0 Å². The molecule has 0 bridgehead atoms. The van der Waals surface area contributed by atoms with E-state index in [1.807, 2.05) is 20.8 Å². The van der Waals surface area contributed by atoms with E-state index >= 15 is 0 Å². The van der Waals surface area contributed by atoms with Crippen molar-refractivity contribution >= 4 is 7.82 Å². The highest BCUT2D eigenvalue weighted by Crippen LogP contribution is 2.37. The van der Waals surface area contributed by atoms with Crippen LogP contribution in [-0.4, -0.2) is 21.7 Å². The predicted octanol–water partition coefficient (Wildman–Crippen LogP) is 6.65. The minimum Gasteiger partial charge on any atom is -0.344 e. The molecule has 0 aromatic heterocycles. The van der Waals surface area contributed by atoms with Crippen LogP contribution < -0.4 is 0 Å². The van der Waals surface area contributed by atoms with Gasteiger partial charge in [-0.15, -0.1) is 4.67 Å². The smallest absolute Gasteiger partial charge is 0.344 e. The molecule has 2 N–H and O–H groups in total. The second kappa shape index (κ2) is 15.9. The molecule has 0 spiro atoms. The van der Waals surface area contributed by atoms with E-state index in [0.29, 0.717) is 6.42 Å². The summed E-state index contributed by atoms with van der Waals surface area (Å²) in [5, 5.41) is 0. The maximum Gasteiger partial charge on any atom is 0.496 e. The van der Waals surface area contributed by atoms with Crippen LogP contribution in [-0.2, 0) is 18.9 Å². The van der Waals surface area contributed by atoms with Crippen molar-refractivity contribution in [3.05, 3.63) is 0 Å². The van der Waals surface area contributed by atoms with Crippen LogP contribution in [0, 0.1) is 0 Å². The molecule has 0 amide bonds. The molecule has 1 unspecified atom stereocenters. The van der Waals surface area contributed by atoms with E-state index in [-0.39, 0.29) is 0 Å². The Labute approximate surface area is 166 Å². The van der Waals surface area contributed by atoms with Crippen LogP contribution >= 0.6 is 7.82 Å². The van der Waals surface area contributed by atoms with Crippen LogP contribution in [0.2, 0.25) is 0 Å². The van der Waals surface area contributed by atoms with Crippen molar-refractivity contribution in [3.63, 3.8) is 0 Å². The fourth-order valence-electron chi connectivity index (χ4n) is 2.95. The SMILES string of the molecule is CCCCCCCCCCCCCCCC(OOP(=O)(O)O)OC(C)(C)C. The summed E-state index contributed by atoms with van der Waals surface area (Å²) in [4.78, 5) is 22.3. The Balaban J connectivity index is 3.66. The summed E-state index contributed by atoms with van der Waals surface area (Å²) >= 11 is 0. The monoisotopic (exact) mass is 410 g/mol. The molecule has 0 fully saturated rings. The molecule has 0 saturated carbocycles. The minimum absolute atomic E-state index is 0.473. The molecule has 164 valence electrons. The number of hydrogen-bond acceptors (Lipinski definition) is 4. The molecule has 0 aliphatic rings. The van der Waals surface area contributed by atoms with Gasteiger partial charge in [0.05, 0.1) is 5.60 Å². The largest absolute Gasteiger partial charge is 0.496 e. The fourth-order valence-corrected chi connectivity index (χ4v) is 3.16. The molecule has 0 aliphatic carbocycles. The predicted molar refractivity (Wildman–Crippen MR) is 109 cm³/mol. The third-order valence-corrected chi connectivity index (χ3v) is 4.56. The molecule has 27 heavy (non-hydrogen) atoms. The third kappa shape index (κ3) is 22.2. The molecule has 0 aromatic carbocycles. The molecular weight excluding hydrogens is 367 g/mol. The lowest BCUT2D eigenvalue weighted by molar-refractivity contribution is -0.347.